The highest BCUT2D eigenvalue weighted by molar-refractivity contribution is 6.11. The number of fused-ring (bicyclic) bond motifs is 6. The van der Waals surface area contributed by atoms with Crippen LogP contribution in [0.25, 0.3) is 100 Å². The summed E-state index contributed by atoms with van der Waals surface area (Å²) in [6.07, 6.45) is 0. The lowest BCUT2D eigenvalue weighted by molar-refractivity contribution is 0.568. The van der Waals surface area contributed by atoms with Gasteiger partial charge in [0.1, 0.15) is 0 Å². The van der Waals surface area contributed by atoms with Crippen LogP contribution in [0.1, 0.15) is 158 Å². The highest BCUT2D eigenvalue weighted by Gasteiger charge is 2.28. The van der Waals surface area contributed by atoms with Crippen LogP contribution in [-0.2, 0) is 32.5 Å². The van der Waals surface area contributed by atoms with Crippen molar-refractivity contribution in [3.05, 3.63) is 197 Å². The Morgan fingerprint density at radius 1 is 0.250 bits per heavy atom. The second-order valence-corrected chi connectivity index (χ2v) is 28.8. The summed E-state index contributed by atoms with van der Waals surface area (Å²) >= 11 is 0. The Hall–Kier alpha value is -7.63. The van der Waals surface area contributed by atoms with Crippen molar-refractivity contribution in [2.45, 2.75) is 157 Å². The maximum atomic E-state index is 5.76. The van der Waals surface area contributed by atoms with E-state index in [2.05, 4.69) is 298 Å². The minimum Gasteiger partial charge on any atom is -0.309 e. The first-order chi connectivity index (χ1) is 37.4. The van der Waals surface area contributed by atoms with Crippen molar-refractivity contribution in [2.75, 3.05) is 0 Å². The lowest BCUT2D eigenvalue weighted by atomic mass is 9.79. The average Bonchev–Trinajstić information content (AvgIpc) is 3.93. The Labute approximate surface area is 476 Å². The predicted molar refractivity (Wildman–Crippen MR) is 342 cm³/mol. The molecule has 3 heterocycles. The summed E-state index contributed by atoms with van der Waals surface area (Å²) in [7, 11) is 0. The molecule has 0 unspecified atom stereocenters. The third-order valence-electron chi connectivity index (χ3n) is 16.5. The molecule has 11 aromatic rings. The fourth-order valence-corrected chi connectivity index (χ4v) is 11.4. The topological polar surface area (TPSA) is 48.5 Å². The molecule has 5 heteroatoms. The first-order valence-electron chi connectivity index (χ1n) is 28.8. The Kier molecular flexibility index (Phi) is 12.9. The molecule has 80 heavy (non-hydrogen) atoms. The van der Waals surface area contributed by atoms with Crippen molar-refractivity contribution in [2.24, 2.45) is 0 Å². The van der Waals surface area contributed by atoms with Gasteiger partial charge in [-0.3, -0.25) is 0 Å². The lowest BCUT2D eigenvalue weighted by Crippen LogP contribution is -2.17. The minimum absolute atomic E-state index is 0.0488. The van der Waals surface area contributed by atoms with Crippen LogP contribution in [0.3, 0.4) is 0 Å². The van der Waals surface area contributed by atoms with Crippen molar-refractivity contribution >= 4 is 43.6 Å². The van der Waals surface area contributed by atoms with Crippen molar-refractivity contribution in [3.8, 4) is 56.7 Å². The van der Waals surface area contributed by atoms with Gasteiger partial charge in [-0.15, -0.1) is 0 Å². The number of aromatic nitrogens is 5. The van der Waals surface area contributed by atoms with E-state index in [1.165, 1.54) is 66.0 Å². The number of hydrogen-bond acceptors (Lipinski definition) is 3. The summed E-state index contributed by atoms with van der Waals surface area (Å²) in [6.45, 7) is 41.4. The molecule has 8 aromatic carbocycles. The third kappa shape index (κ3) is 9.96. The molecule has 0 amide bonds. The molecule has 0 bridgehead atoms. The Bertz CT molecular complexity index is 3950. The van der Waals surface area contributed by atoms with E-state index in [9.17, 15) is 0 Å². The van der Waals surface area contributed by atoms with E-state index in [-0.39, 0.29) is 32.5 Å². The van der Waals surface area contributed by atoms with Crippen LogP contribution in [0.5, 0.6) is 0 Å². The summed E-state index contributed by atoms with van der Waals surface area (Å²) in [5, 5.41) is 4.91. The molecule has 0 spiro atoms. The predicted octanol–water partition coefficient (Wildman–Crippen LogP) is 20.5. The van der Waals surface area contributed by atoms with Crippen LogP contribution < -0.4 is 0 Å². The fraction of sp³-hybridized carbons (Fsp3) is 0.320. The number of nitrogens with zero attached hydrogens (tertiary/aromatic N) is 5. The van der Waals surface area contributed by atoms with E-state index >= 15 is 0 Å². The average molecular weight is 1050 g/mol. The standard InChI is InChI=1S/C75H81N5/c1-70(2,3)49-32-35-64-58(44-49)59-45-50(71(4,5)6)33-36-65(59)80(64)66-34-31-46(55-25-19-22-28-61(55)79-62-29-23-20-26-56(62)57-27-21-24-30-63(57)79)41-60(66)69-77-67(47-37-51(72(7,8)9)42-52(38-47)73(10,11)12)76-68(78-69)48-39-53(74(13,14)15)43-54(40-48)75(16,17)18/h19-45H,1-18H3. The number of para-hydroxylation sites is 3. The summed E-state index contributed by atoms with van der Waals surface area (Å²) in [6, 6.07) is 61.6. The molecule has 0 saturated carbocycles. The summed E-state index contributed by atoms with van der Waals surface area (Å²) in [5.74, 6) is 1.91. The molecule has 0 aliphatic rings. The Balaban J connectivity index is 1.28. The van der Waals surface area contributed by atoms with Gasteiger partial charge in [-0.2, -0.15) is 0 Å². The zero-order valence-corrected chi connectivity index (χ0v) is 50.8. The van der Waals surface area contributed by atoms with Crippen LogP contribution in [0.2, 0.25) is 0 Å². The van der Waals surface area contributed by atoms with Crippen LogP contribution in [-0.4, -0.2) is 24.1 Å². The molecule has 0 atom stereocenters. The minimum atomic E-state index is -0.126. The van der Waals surface area contributed by atoms with E-state index in [4.69, 9.17) is 15.0 Å². The largest absolute Gasteiger partial charge is 0.309 e. The molecular weight excluding hydrogens is 971 g/mol. The van der Waals surface area contributed by atoms with Crippen molar-refractivity contribution < 1.29 is 0 Å². The molecule has 3 aromatic heterocycles. The molecule has 0 aliphatic heterocycles. The second kappa shape index (κ2) is 19.0. The number of benzene rings is 8. The van der Waals surface area contributed by atoms with Crippen LogP contribution in [0, 0.1) is 0 Å². The quantitative estimate of drug-likeness (QED) is 0.167. The van der Waals surface area contributed by atoms with Gasteiger partial charge in [0.25, 0.3) is 0 Å². The van der Waals surface area contributed by atoms with Gasteiger partial charge in [-0.1, -0.05) is 210 Å². The van der Waals surface area contributed by atoms with E-state index in [1.54, 1.807) is 0 Å². The molecule has 406 valence electrons. The first kappa shape index (κ1) is 54.3. The van der Waals surface area contributed by atoms with Gasteiger partial charge < -0.3 is 9.13 Å². The van der Waals surface area contributed by atoms with Crippen molar-refractivity contribution in [1.82, 2.24) is 24.1 Å². The smallest absolute Gasteiger partial charge is 0.166 e. The Morgan fingerprint density at radius 3 is 1.01 bits per heavy atom. The summed E-state index contributed by atoms with van der Waals surface area (Å²) in [5.41, 5.74) is 18.7. The first-order valence-corrected chi connectivity index (χ1v) is 28.8. The molecular formula is C75H81N5. The van der Waals surface area contributed by atoms with Crippen LogP contribution in [0.15, 0.2) is 164 Å². The van der Waals surface area contributed by atoms with Crippen molar-refractivity contribution in [3.63, 3.8) is 0 Å². The van der Waals surface area contributed by atoms with Gasteiger partial charge in [-0.05, 0) is 150 Å². The monoisotopic (exact) mass is 1050 g/mol. The zero-order chi connectivity index (χ0) is 57.2. The van der Waals surface area contributed by atoms with Gasteiger partial charge in [0.05, 0.1) is 33.4 Å². The Morgan fingerprint density at radius 2 is 0.600 bits per heavy atom. The maximum absolute atomic E-state index is 5.76. The van der Waals surface area contributed by atoms with Gasteiger partial charge in [0, 0.05) is 43.8 Å². The van der Waals surface area contributed by atoms with E-state index in [0.29, 0.717) is 17.5 Å². The summed E-state index contributed by atoms with van der Waals surface area (Å²) < 4.78 is 4.91. The SMILES string of the molecule is CC(C)(C)c1cc(-c2nc(-c3cc(C(C)(C)C)cc(C(C)(C)C)c3)nc(-c3cc(-c4ccccc4-n4c5ccccc5c5ccccc54)ccc3-n3c4ccc(C(C)(C)C)cc4c4cc(C(C)(C)C)ccc43)n2)cc(C(C)(C)C)c1. The van der Waals surface area contributed by atoms with Crippen LogP contribution in [0.4, 0.5) is 0 Å². The van der Waals surface area contributed by atoms with E-state index in [0.717, 1.165) is 50.2 Å². The zero-order valence-electron chi connectivity index (χ0n) is 50.8. The second-order valence-electron chi connectivity index (χ2n) is 28.8. The molecule has 0 radical (unpaired) electrons. The lowest BCUT2D eigenvalue weighted by Gasteiger charge is -2.26. The highest BCUT2D eigenvalue weighted by Crippen LogP contribution is 2.44. The highest BCUT2D eigenvalue weighted by atomic mass is 15.1. The van der Waals surface area contributed by atoms with Crippen LogP contribution >= 0.6 is 0 Å². The normalized spacial score (nSPS) is 13.1. The van der Waals surface area contributed by atoms with Gasteiger partial charge in [-0.25, -0.2) is 15.0 Å². The van der Waals surface area contributed by atoms with E-state index < -0.39 is 0 Å². The molecule has 0 saturated heterocycles. The fourth-order valence-electron chi connectivity index (χ4n) is 11.4. The van der Waals surface area contributed by atoms with Gasteiger partial charge in [0.15, 0.2) is 17.5 Å². The molecule has 0 fully saturated rings. The summed E-state index contributed by atoms with van der Waals surface area (Å²) in [4.78, 5) is 17.1. The molecule has 0 N–H and O–H groups in total. The maximum Gasteiger partial charge on any atom is 0.166 e. The molecule has 11 rings (SSSR count). The number of rotatable bonds is 6. The molecule has 0 aliphatic carbocycles. The van der Waals surface area contributed by atoms with E-state index in [1.807, 2.05) is 0 Å². The van der Waals surface area contributed by atoms with Gasteiger partial charge >= 0.3 is 0 Å². The molecule has 5 nitrogen and oxygen atoms in total. The van der Waals surface area contributed by atoms with Gasteiger partial charge in [0.2, 0.25) is 0 Å². The number of hydrogen-bond donors (Lipinski definition) is 0. The third-order valence-corrected chi connectivity index (χ3v) is 16.5. The van der Waals surface area contributed by atoms with Crippen molar-refractivity contribution in [1.29, 1.82) is 0 Å².